The maximum absolute atomic E-state index is 4.26. The lowest BCUT2D eigenvalue weighted by atomic mass is 9.83. The molecule has 0 amide bonds. The van der Waals surface area contributed by atoms with Gasteiger partial charge in [-0.15, -0.1) is 0 Å². The number of rotatable bonds is 1. The molecule has 0 atom stereocenters. The van der Waals surface area contributed by atoms with Gasteiger partial charge in [0.05, 0.1) is 5.69 Å². The van der Waals surface area contributed by atoms with Gasteiger partial charge in [0.15, 0.2) is 0 Å². The normalized spacial score (nSPS) is 11.8. The Hall–Kier alpha value is -1.64. The summed E-state index contributed by atoms with van der Waals surface area (Å²) in [5, 5.41) is 4.26. The highest BCUT2D eigenvalue weighted by Crippen LogP contribution is 2.31. The van der Waals surface area contributed by atoms with Crippen molar-refractivity contribution in [2.75, 3.05) is 0 Å². The van der Waals surface area contributed by atoms with Crippen molar-refractivity contribution in [2.24, 2.45) is 0 Å². The van der Waals surface area contributed by atoms with Gasteiger partial charge < -0.3 is 0 Å². The number of hydrogen-bond acceptors (Lipinski definition) is 2. The molecule has 0 unspecified atom stereocenters. The highest BCUT2D eigenvalue weighted by atomic mass is 15.3. The van der Waals surface area contributed by atoms with Crippen molar-refractivity contribution in [3.05, 3.63) is 41.5 Å². The molecule has 17 heavy (non-hydrogen) atoms. The van der Waals surface area contributed by atoms with Gasteiger partial charge in [-0.1, -0.05) is 38.5 Å². The molecule has 0 saturated heterocycles. The molecule has 2 rings (SSSR count). The Kier molecular flexibility index (Phi) is 2.77. The molecule has 0 saturated carbocycles. The van der Waals surface area contributed by atoms with Gasteiger partial charge >= 0.3 is 0 Å². The predicted molar refractivity (Wildman–Crippen MR) is 69.5 cm³/mol. The molecule has 0 aliphatic heterocycles. The van der Waals surface area contributed by atoms with Crippen LogP contribution in [-0.2, 0) is 5.41 Å². The van der Waals surface area contributed by atoms with Crippen molar-refractivity contribution < 1.29 is 0 Å². The summed E-state index contributed by atoms with van der Waals surface area (Å²) in [7, 11) is 0. The first-order valence-electron chi connectivity index (χ1n) is 5.86. The minimum atomic E-state index is 0.0953. The third kappa shape index (κ3) is 2.23. The van der Waals surface area contributed by atoms with Gasteiger partial charge in [0, 0.05) is 0 Å². The molecule has 0 fully saturated rings. The zero-order chi connectivity index (χ0) is 12.6. The van der Waals surface area contributed by atoms with Crippen molar-refractivity contribution in [1.29, 1.82) is 0 Å². The van der Waals surface area contributed by atoms with Crippen molar-refractivity contribution in [1.82, 2.24) is 14.8 Å². The second-order valence-electron chi connectivity index (χ2n) is 5.57. The van der Waals surface area contributed by atoms with Crippen LogP contribution in [0.5, 0.6) is 0 Å². The molecular formula is C14H19N3. The van der Waals surface area contributed by atoms with E-state index >= 15 is 0 Å². The summed E-state index contributed by atoms with van der Waals surface area (Å²) in [4.78, 5) is 4.04. The zero-order valence-electron chi connectivity index (χ0n) is 11.2. The van der Waals surface area contributed by atoms with E-state index in [9.17, 15) is 0 Å². The fraction of sp³-hybridized carbons (Fsp3) is 0.429. The van der Waals surface area contributed by atoms with Crippen molar-refractivity contribution in [2.45, 2.75) is 40.0 Å². The van der Waals surface area contributed by atoms with Gasteiger partial charge in [-0.2, -0.15) is 5.10 Å². The minimum Gasteiger partial charge on any atom is -0.223 e. The molecule has 90 valence electrons. The molecule has 0 aliphatic carbocycles. The van der Waals surface area contributed by atoms with Crippen LogP contribution in [0.4, 0.5) is 0 Å². The van der Waals surface area contributed by atoms with E-state index in [1.807, 2.05) is 4.68 Å². The summed E-state index contributed by atoms with van der Waals surface area (Å²) >= 11 is 0. The Balaban J connectivity index is 2.73. The average molecular weight is 229 g/mol. The summed E-state index contributed by atoms with van der Waals surface area (Å²) in [5.41, 5.74) is 5.08. The van der Waals surface area contributed by atoms with Crippen LogP contribution in [0.15, 0.2) is 24.8 Å². The molecule has 0 radical (unpaired) electrons. The maximum atomic E-state index is 4.26. The Bertz CT molecular complexity index is 519. The molecule has 2 aromatic rings. The van der Waals surface area contributed by atoms with Crippen LogP contribution in [0, 0.1) is 13.8 Å². The molecule has 3 heteroatoms. The van der Waals surface area contributed by atoms with Crippen molar-refractivity contribution >= 4 is 0 Å². The van der Waals surface area contributed by atoms with Gasteiger partial charge in [-0.3, -0.25) is 0 Å². The van der Waals surface area contributed by atoms with E-state index in [0.29, 0.717) is 0 Å². The number of nitrogens with zero attached hydrogens (tertiary/aromatic N) is 3. The molecule has 3 nitrogen and oxygen atoms in total. The van der Waals surface area contributed by atoms with Crippen LogP contribution >= 0.6 is 0 Å². The molecule has 0 aliphatic rings. The van der Waals surface area contributed by atoms with Crippen LogP contribution in [0.25, 0.3) is 5.69 Å². The molecule has 1 heterocycles. The lowest BCUT2D eigenvalue weighted by Gasteiger charge is -2.24. The van der Waals surface area contributed by atoms with Gasteiger partial charge in [-0.25, -0.2) is 9.67 Å². The predicted octanol–water partition coefficient (Wildman–Crippen LogP) is 3.18. The Morgan fingerprint density at radius 2 is 1.82 bits per heavy atom. The van der Waals surface area contributed by atoms with Gasteiger partial charge in [-0.05, 0) is 30.4 Å². The van der Waals surface area contributed by atoms with Crippen LogP contribution < -0.4 is 0 Å². The largest absolute Gasteiger partial charge is 0.223 e. The second-order valence-corrected chi connectivity index (χ2v) is 5.57. The summed E-state index contributed by atoms with van der Waals surface area (Å²) in [6.45, 7) is 10.9. The maximum Gasteiger partial charge on any atom is 0.138 e. The first-order valence-corrected chi connectivity index (χ1v) is 5.86. The lowest BCUT2D eigenvalue weighted by Crippen LogP contribution is -2.17. The highest BCUT2D eigenvalue weighted by molar-refractivity contribution is 5.52. The molecule has 0 bridgehead atoms. The first-order chi connectivity index (χ1) is 7.89. The van der Waals surface area contributed by atoms with E-state index < -0.39 is 0 Å². The molecule has 1 aromatic heterocycles. The topological polar surface area (TPSA) is 30.7 Å². The van der Waals surface area contributed by atoms with Gasteiger partial charge in [0.2, 0.25) is 0 Å². The fourth-order valence-corrected chi connectivity index (χ4v) is 2.16. The molecule has 1 aromatic carbocycles. The number of hydrogen-bond donors (Lipinski definition) is 0. The second kappa shape index (κ2) is 3.99. The summed E-state index contributed by atoms with van der Waals surface area (Å²) in [6.07, 6.45) is 3.33. The van der Waals surface area contributed by atoms with E-state index in [1.165, 1.54) is 16.7 Å². The first kappa shape index (κ1) is 11.8. The van der Waals surface area contributed by atoms with E-state index in [1.54, 1.807) is 12.7 Å². The molecular weight excluding hydrogens is 210 g/mol. The van der Waals surface area contributed by atoms with Gasteiger partial charge in [0.25, 0.3) is 0 Å². The van der Waals surface area contributed by atoms with Crippen molar-refractivity contribution in [3.8, 4) is 5.69 Å². The van der Waals surface area contributed by atoms with E-state index in [2.05, 4.69) is 56.8 Å². The van der Waals surface area contributed by atoms with Gasteiger partial charge in [0.1, 0.15) is 12.7 Å². The summed E-state index contributed by atoms with van der Waals surface area (Å²) < 4.78 is 1.86. The van der Waals surface area contributed by atoms with Crippen LogP contribution in [0.1, 0.15) is 37.5 Å². The Morgan fingerprint density at radius 3 is 2.35 bits per heavy atom. The summed E-state index contributed by atoms with van der Waals surface area (Å²) in [5.74, 6) is 0. The number of benzene rings is 1. The van der Waals surface area contributed by atoms with Crippen LogP contribution in [0.3, 0.4) is 0 Å². The van der Waals surface area contributed by atoms with E-state index in [4.69, 9.17) is 0 Å². The zero-order valence-corrected chi connectivity index (χ0v) is 11.2. The standard InChI is InChI=1S/C14H19N3/c1-10-6-11(2)13(17-9-15-8-16-17)12(7-10)14(3,4)5/h6-9H,1-5H3. The third-order valence-corrected chi connectivity index (χ3v) is 2.90. The van der Waals surface area contributed by atoms with Crippen LogP contribution in [-0.4, -0.2) is 14.8 Å². The minimum absolute atomic E-state index is 0.0953. The molecule has 0 spiro atoms. The van der Waals surface area contributed by atoms with E-state index in [0.717, 1.165) is 5.69 Å². The Labute approximate surface area is 103 Å². The monoisotopic (exact) mass is 229 g/mol. The average Bonchev–Trinajstić information content (AvgIpc) is 2.67. The number of aryl methyl sites for hydroxylation is 2. The highest BCUT2D eigenvalue weighted by Gasteiger charge is 2.21. The van der Waals surface area contributed by atoms with Crippen molar-refractivity contribution in [3.63, 3.8) is 0 Å². The van der Waals surface area contributed by atoms with Crippen LogP contribution in [0.2, 0.25) is 0 Å². The smallest absolute Gasteiger partial charge is 0.138 e. The quantitative estimate of drug-likeness (QED) is 0.752. The Morgan fingerprint density at radius 1 is 1.12 bits per heavy atom. The lowest BCUT2D eigenvalue weighted by molar-refractivity contribution is 0.581. The number of aromatic nitrogens is 3. The van der Waals surface area contributed by atoms with E-state index in [-0.39, 0.29) is 5.41 Å². The summed E-state index contributed by atoms with van der Waals surface area (Å²) in [6, 6.07) is 4.43. The fourth-order valence-electron chi connectivity index (χ4n) is 2.16. The SMILES string of the molecule is Cc1cc(C)c(-n2cncn2)c(C(C)(C)C)c1. The third-order valence-electron chi connectivity index (χ3n) is 2.90. The molecule has 0 N–H and O–H groups in total.